The van der Waals surface area contributed by atoms with Crippen LogP contribution in [0.15, 0.2) is 0 Å². The molecule has 1 atom stereocenters. The first-order valence-electron chi connectivity index (χ1n) is 45.0. The summed E-state index contributed by atoms with van der Waals surface area (Å²) in [5.41, 5.74) is -0.973. The van der Waals surface area contributed by atoms with Gasteiger partial charge in [-0.25, -0.2) is 0 Å². The van der Waals surface area contributed by atoms with Gasteiger partial charge in [0.1, 0.15) is 0 Å². The van der Waals surface area contributed by atoms with Crippen LogP contribution in [0, 0.1) is 16.7 Å². The first-order chi connectivity index (χ1) is 56.7. The van der Waals surface area contributed by atoms with Crippen LogP contribution in [0.3, 0.4) is 0 Å². The first-order valence-corrected chi connectivity index (χ1v) is 45.0. The number of esters is 13. The third kappa shape index (κ3) is 77.2. The molecule has 0 amide bonds. The molecule has 0 saturated carbocycles. The molecule has 0 aromatic heterocycles. The zero-order chi connectivity index (χ0) is 87.8. The summed E-state index contributed by atoms with van der Waals surface area (Å²) in [6.07, 6.45) is 32.2. The maximum atomic E-state index is 12.1. The fourth-order valence-corrected chi connectivity index (χ4v) is 11.0. The lowest BCUT2D eigenvalue weighted by Gasteiger charge is -2.20. The molecule has 0 aliphatic heterocycles. The van der Waals surface area contributed by atoms with Crippen molar-refractivity contribution >= 4 is 83.6 Å². The van der Waals surface area contributed by atoms with Gasteiger partial charge in [0.15, 0.2) is 0 Å². The molecule has 118 heavy (non-hydrogen) atoms. The highest BCUT2D eigenvalue weighted by atomic mass is 16.6. The van der Waals surface area contributed by atoms with E-state index in [1.165, 1.54) is 0 Å². The fourth-order valence-electron chi connectivity index (χ4n) is 11.0. The van der Waals surface area contributed by atoms with Gasteiger partial charge in [-0.3, -0.25) is 67.1 Å². The van der Waals surface area contributed by atoms with Crippen molar-refractivity contribution in [2.75, 3.05) is 85.9 Å². The molecule has 0 aliphatic rings. The van der Waals surface area contributed by atoms with Crippen molar-refractivity contribution in [2.45, 2.75) is 389 Å². The number of ether oxygens (including phenoxy) is 13. The van der Waals surface area contributed by atoms with E-state index < -0.39 is 16.8 Å². The van der Waals surface area contributed by atoms with E-state index in [2.05, 4.69) is 13.8 Å². The van der Waals surface area contributed by atoms with Crippen LogP contribution in [-0.2, 0) is 129 Å². The summed E-state index contributed by atoms with van der Waals surface area (Å²) in [6.45, 7) is 19.6. The Morgan fingerprint density at radius 2 is 0.398 bits per heavy atom. The molecule has 28 heteroatoms. The van der Waals surface area contributed by atoms with Crippen molar-refractivity contribution in [1.82, 2.24) is 0 Å². The maximum absolute atomic E-state index is 12.1. The van der Waals surface area contributed by atoms with Gasteiger partial charge in [-0.2, -0.15) is 0 Å². The van der Waals surface area contributed by atoms with Crippen molar-refractivity contribution < 1.29 is 134 Å². The second-order valence-electron chi connectivity index (χ2n) is 31.5. The minimum atomic E-state index is -0.795. The lowest BCUT2D eigenvalue weighted by atomic mass is 9.91. The van der Waals surface area contributed by atoms with E-state index in [0.717, 1.165) is 96.3 Å². The number of unbranched alkanes of at least 4 members (excludes halogenated alkanes) is 23. The highest BCUT2D eigenvalue weighted by Crippen LogP contribution is 2.24. The van der Waals surface area contributed by atoms with Crippen molar-refractivity contribution in [2.24, 2.45) is 16.7 Å². The van der Waals surface area contributed by atoms with Crippen LogP contribution in [0.1, 0.15) is 389 Å². The van der Waals surface area contributed by atoms with E-state index in [1.54, 1.807) is 0 Å². The van der Waals surface area contributed by atoms with Gasteiger partial charge in [0.2, 0.25) is 0 Å². The maximum Gasteiger partial charge on any atom is 0.311 e. The second kappa shape index (κ2) is 79.4. The largest absolute Gasteiger partial charge is 0.481 e. The summed E-state index contributed by atoms with van der Waals surface area (Å²) in [5, 5.41) is 8.49. The molecular weight excluding hydrogens is 1530 g/mol. The molecule has 0 radical (unpaired) electrons. The topological polar surface area (TPSA) is 379 Å². The Labute approximate surface area is 706 Å². The molecule has 0 aliphatic carbocycles. The number of carboxylic acid groups (broad SMARTS) is 1. The molecule has 684 valence electrons. The fraction of sp³-hybridized carbons (Fsp3) is 0.844. The third-order valence-corrected chi connectivity index (χ3v) is 19.8. The van der Waals surface area contributed by atoms with Crippen LogP contribution in [-0.4, -0.2) is 175 Å². The molecule has 28 nitrogen and oxygen atoms in total. The van der Waals surface area contributed by atoms with E-state index in [9.17, 15) is 67.1 Å². The van der Waals surface area contributed by atoms with Gasteiger partial charge >= 0.3 is 83.6 Å². The predicted octanol–water partition coefficient (Wildman–Crippen LogP) is 18.2. The van der Waals surface area contributed by atoms with Gasteiger partial charge in [0.05, 0.1) is 96.7 Å². The molecule has 0 spiro atoms. The zero-order valence-corrected chi connectivity index (χ0v) is 74.0. The standard InChI is InChI=1S/C72H124O22.C18H32O6/c1-6-9-38-60(7-2)59-94-70(82)47-27-18-36-56-91-68(80)45-25-16-34-54-89-66(78)43-23-14-32-52-87-64(76)41-21-12-30-50-85-62(74)39-19-10-28-49-84-61(73)40-20-11-29-51-86-63(75)42-22-13-31-53-88-65(77)44-24-15-33-55-90-67(79)46-26-17-35-57-92-69(81)48-37-58-93-71(83)72(4,5)8-3;1-4-18(2,3)17(22)24-14-10-6-8-12-16(21)23-13-9-5-7-11-15(19)20/h60H,6-59H2,1-5H3;4-14H2,1-3H3,(H,19,20). The van der Waals surface area contributed by atoms with Crippen molar-refractivity contribution in [3.63, 3.8) is 0 Å². The molecule has 0 fully saturated rings. The van der Waals surface area contributed by atoms with Crippen LogP contribution < -0.4 is 0 Å². The van der Waals surface area contributed by atoms with Gasteiger partial charge in [-0.05, 0) is 271 Å². The Kier molecular flexibility index (Phi) is 75.8. The Morgan fingerprint density at radius 1 is 0.220 bits per heavy atom. The van der Waals surface area contributed by atoms with Crippen LogP contribution in [0.4, 0.5) is 0 Å². The molecule has 0 aromatic carbocycles. The summed E-state index contributed by atoms with van der Waals surface area (Å²) in [5.74, 6) is -3.71. The van der Waals surface area contributed by atoms with E-state index >= 15 is 0 Å². The Morgan fingerprint density at radius 3 is 0.585 bits per heavy atom. The number of carboxylic acids is 1. The van der Waals surface area contributed by atoms with E-state index in [1.807, 2.05) is 41.5 Å². The number of hydrogen-bond donors (Lipinski definition) is 1. The number of carbonyl (C=O) groups excluding carboxylic acids is 13. The van der Waals surface area contributed by atoms with Gasteiger partial charge in [0.25, 0.3) is 0 Å². The van der Waals surface area contributed by atoms with Gasteiger partial charge in [0, 0.05) is 77.0 Å². The Hall–Kier alpha value is -7.42. The predicted molar refractivity (Wildman–Crippen MR) is 444 cm³/mol. The van der Waals surface area contributed by atoms with Crippen LogP contribution in [0.2, 0.25) is 0 Å². The van der Waals surface area contributed by atoms with Crippen LogP contribution >= 0.6 is 0 Å². The third-order valence-electron chi connectivity index (χ3n) is 19.8. The van der Waals surface area contributed by atoms with E-state index in [-0.39, 0.29) is 175 Å². The molecule has 0 aromatic rings. The van der Waals surface area contributed by atoms with Crippen molar-refractivity contribution in [1.29, 1.82) is 0 Å². The number of rotatable bonds is 80. The first kappa shape index (κ1) is 113. The highest BCUT2D eigenvalue weighted by molar-refractivity contribution is 5.77. The average molecular weight is 1690 g/mol. The number of aliphatic carboxylic acids is 1. The molecule has 0 rings (SSSR count). The monoisotopic (exact) mass is 1690 g/mol. The van der Waals surface area contributed by atoms with E-state index in [0.29, 0.717) is 232 Å². The molecule has 0 saturated heterocycles. The summed E-state index contributed by atoms with van der Waals surface area (Å²) in [6, 6.07) is 0. The quantitative estimate of drug-likeness (QED) is 0.0336. The molecule has 1 N–H and O–H groups in total. The lowest BCUT2D eigenvalue weighted by molar-refractivity contribution is -0.155. The molecule has 0 bridgehead atoms. The second-order valence-corrected chi connectivity index (χ2v) is 31.5. The van der Waals surface area contributed by atoms with E-state index in [4.69, 9.17) is 66.7 Å². The minimum Gasteiger partial charge on any atom is -0.481 e. The normalized spacial score (nSPS) is 11.4. The molecule has 1 unspecified atom stereocenters. The van der Waals surface area contributed by atoms with Crippen LogP contribution in [0.25, 0.3) is 0 Å². The number of hydrogen-bond acceptors (Lipinski definition) is 27. The van der Waals surface area contributed by atoms with Crippen molar-refractivity contribution in [3.05, 3.63) is 0 Å². The van der Waals surface area contributed by atoms with Crippen molar-refractivity contribution in [3.8, 4) is 0 Å². The SMILES string of the molecule is CCC(C)(C)C(=O)OCCCCCC(=O)OCCCCCC(=O)O.CCCCC(CC)COC(=O)CCCCCOC(=O)CCCCCOC(=O)CCCCCOC(=O)CCCCCOC(=O)CCCCCOC(=O)CCCCCOC(=O)CCCCCOC(=O)CCCCCOC(=O)CCCCCOC(=O)CCCOC(=O)C(C)(C)CC. The minimum absolute atomic E-state index is 0.157. The van der Waals surface area contributed by atoms with Gasteiger partial charge in [-0.15, -0.1) is 0 Å². The Balaban J connectivity index is 0. The number of carbonyl (C=O) groups is 14. The molecule has 0 heterocycles. The lowest BCUT2D eigenvalue weighted by Crippen LogP contribution is -2.26. The zero-order valence-electron chi connectivity index (χ0n) is 74.0. The summed E-state index contributed by atoms with van der Waals surface area (Å²) < 4.78 is 68.6. The summed E-state index contributed by atoms with van der Waals surface area (Å²) in [7, 11) is 0. The van der Waals surface area contributed by atoms with Crippen LogP contribution in [0.5, 0.6) is 0 Å². The average Bonchev–Trinajstić information content (AvgIpc) is 0.905. The summed E-state index contributed by atoms with van der Waals surface area (Å²) >= 11 is 0. The van der Waals surface area contributed by atoms with Gasteiger partial charge in [-0.1, -0.05) is 47.0 Å². The highest BCUT2D eigenvalue weighted by Gasteiger charge is 2.28. The summed E-state index contributed by atoms with van der Waals surface area (Å²) in [4.78, 5) is 166. The Bertz CT molecular complexity index is 2670. The van der Waals surface area contributed by atoms with Gasteiger partial charge < -0.3 is 66.7 Å². The smallest absolute Gasteiger partial charge is 0.311 e. The molecular formula is C90H156O28.